The van der Waals surface area contributed by atoms with Crippen molar-refractivity contribution >= 4 is 11.3 Å². The highest BCUT2D eigenvalue weighted by molar-refractivity contribution is 7.11. The molecule has 0 aliphatic heterocycles. The first-order valence-corrected chi connectivity index (χ1v) is 5.88. The molecule has 3 nitrogen and oxygen atoms in total. The summed E-state index contributed by atoms with van der Waals surface area (Å²) in [6, 6.07) is 0.509. The van der Waals surface area contributed by atoms with E-state index in [1.54, 1.807) is 11.3 Å². The number of hydrogen-bond acceptors (Lipinski definition) is 4. The SMILES string of the molecule is CCc1cnc(C(C)NCC(C)N)s1. The third-order valence-electron chi connectivity index (χ3n) is 2.04. The summed E-state index contributed by atoms with van der Waals surface area (Å²) < 4.78 is 0. The molecule has 0 saturated heterocycles. The average molecular weight is 213 g/mol. The lowest BCUT2D eigenvalue weighted by Crippen LogP contribution is -2.32. The van der Waals surface area contributed by atoms with Gasteiger partial charge in [-0.05, 0) is 20.3 Å². The molecule has 2 atom stereocenters. The second-order valence-corrected chi connectivity index (χ2v) is 4.77. The summed E-state index contributed by atoms with van der Waals surface area (Å²) in [5, 5.41) is 4.51. The van der Waals surface area contributed by atoms with E-state index in [9.17, 15) is 0 Å². The van der Waals surface area contributed by atoms with Crippen LogP contribution in [0.4, 0.5) is 0 Å². The topological polar surface area (TPSA) is 50.9 Å². The summed E-state index contributed by atoms with van der Waals surface area (Å²) in [6.45, 7) is 7.11. The summed E-state index contributed by atoms with van der Waals surface area (Å²) in [6.07, 6.45) is 3.03. The molecule has 1 heterocycles. The summed E-state index contributed by atoms with van der Waals surface area (Å²) in [5.41, 5.74) is 5.67. The molecule has 1 rings (SSSR count). The number of nitrogens with zero attached hydrogens (tertiary/aromatic N) is 1. The zero-order valence-electron chi connectivity index (χ0n) is 9.08. The molecule has 1 aromatic heterocycles. The van der Waals surface area contributed by atoms with E-state index < -0.39 is 0 Å². The Morgan fingerprint density at radius 1 is 1.57 bits per heavy atom. The van der Waals surface area contributed by atoms with Gasteiger partial charge in [0.25, 0.3) is 0 Å². The van der Waals surface area contributed by atoms with Crippen LogP contribution < -0.4 is 11.1 Å². The maximum absolute atomic E-state index is 5.67. The number of hydrogen-bond donors (Lipinski definition) is 2. The molecule has 0 aromatic carbocycles. The third kappa shape index (κ3) is 3.36. The largest absolute Gasteiger partial charge is 0.327 e. The van der Waals surface area contributed by atoms with Crippen molar-refractivity contribution in [3.8, 4) is 0 Å². The Balaban J connectivity index is 2.47. The number of thiazole rings is 1. The zero-order valence-corrected chi connectivity index (χ0v) is 9.90. The minimum Gasteiger partial charge on any atom is -0.327 e. The first-order valence-electron chi connectivity index (χ1n) is 5.07. The second kappa shape index (κ2) is 5.44. The van der Waals surface area contributed by atoms with E-state index in [0.29, 0.717) is 6.04 Å². The van der Waals surface area contributed by atoms with Gasteiger partial charge in [0.05, 0.1) is 6.04 Å². The first-order chi connectivity index (χ1) is 6.63. The maximum atomic E-state index is 5.67. The predicted octanol–water partition coefficient (Wildman–Crippen LogP) is 1.70. The van der Waals surface area contributed by atoms with Crippen LogP contribution in [0.2, 0.25) is 0 Å². The minimum absolute atomic E-state index is 0.197. The number of nitrogens with one attached hydrogen (secondary N) is 1. The van der Waals surface area contributed by atoms with Crippen molar-refractivity contribution in [2.75, 3.05) is 6.54 Å². The molecule has 0 amide bonds. The van der Waals surface area contributed by atoms with Crippen LogP contribution in [0.5, 0.6) is 0 Å². The van der Waals surface area contributed by atoms with E-state index in [2.05, 4.69) is 24.1 Å². The van der Waals surface area contributed by atoms with Crippen molar-refractivity contribution in [3.63, 3.8) is 0 Å². The number of aromatic nitrogens is 1. The molecule has 14 heavy (non-hydrogen) atoms. The fourth-order valence-corrected chi connectivity index (χ4v) is 2.02. The molecule has 0 aliphatic rings. The summed E-state index contributed by atoms with van der Waals surface area (Å²) in [7, 11) is 0. The third-order valence-corrected chi connectivity index (χ3v) is 3.36. The van der Waals surface area contributed by atoms with Gasteiger partial charge >= 0.3 is 0 Å². The van der Waals surface area contributed by atoms with Crippen LogP contribution in [0.3, 0.4) is 0 Å². The molecule has 2 unspecified atom stereocenters. The highest BCUT2D eigenvalue weighted by Crippen LogP contribution is 2.19. The molecule has 0 bridgehead atoms. The van der Waals surface area contributed by atoms with Crippen LogP contribution in [0.25, 0.3) is 0 Å². The smallest absolute Gasteiger partial charge is 0.109 e. The number of nitrogens with two attached hydrogens (primary N) is 1. The molecule has 0 saturated carbocycles. The normalized spacial score (nSPS) is 15.4. The van der Waals surface area contributed by atoms with Gasteiger partial charge in [-0.25, -0.2) is 4.98 Å². The maximum Gasteiger partial charge on any atom is 0.109 e. The molecular weight excluding hydrogens is 194 g/mol. The summed E-state index contributed by atoms with van der Waals surface area (Å²) in [4.78, 5) is 5.72. The summed E-state index contributed by atoms with van der Waals surface area (Å²) in [5.74, 6) is 0. The van der Waals surface area contributed by atoms with E-state index >= 15 is 0 Å². The van der Waals surface area contributed by atoms with Gasteiger partial charge in [0.1, 0.15) is 5.01 Å². The molecule has 0 radical (unpaired) electrons. The van der Waals surface area contributed by atoms with Gasteiger partial charge in [0.15, 0.2) is 0 Å². The Bertz CT molecular complexity index is 270. The van der Waals surface area contributed by atoms with Crippen molar-refractivity contribution in [3.05, 3.63) is 16.1 Å². The van der Waals surface area contributed by atoms with Crippen molar-refractivity contribution in [1.29, 1.82) is 0 Å². The quantitative estimate of drug-likeness (QED) is 0.783. The van der Waals surface area contributed by atoms with E-state index in [0.717, 1.165) is 18.0 Å². The Labute approximate surface area is 89.7 Å². The van der Waals surface area contributed by atoms with Gasteiger partial charge in [-0.3, -0.25) is 0 Å². The lowest BCUT2D eigenvalue weighted by Gasteiger charge is -2.12. The molecule has 0 spiro atoms. The Kier molecular flexibility index (Phi) is 4.51. The molecule has 0 aliphatic carbocycles. The highest BCUT2D eigenvalue weighted by Gasteiger charge is 2.09. The molecular formula is C10H19N3S. The van der Waals surface area contributed by atoms with E-state index in [-0.39, 0.29) is 6.04 Å². The van der Waals surface area contributed by atoms with Crippen molar-refractivity contribution in [2.24, 2.45) is 5.73 Å². The van der Waals surface area contributed by atoms with Crippen LogP contribution in [0.1, 0.15) is 36.7 Å². The molecule has 80 valence electrons. The van der Waals surface area contributed by atoms with Crippen molar-refractivity contribution in [2.45, 2.75) is 39.3 Å². The van der Waals surface area contributed by atoms with Crippen molar-refractivity contribution < 1.29 is 0 Å². The van der Waals surface area contributed by atoms with E-state index in [1.807, 2.05) is 13.1 Å². The van der Waals surface area contributed by atoms with Gasteiger partial charge in [0.2, 0.25) is 0 Å². The van der Waals surface area contributed by atoms with Crippen LogP contribution in [0.15, 0.2) is 6.20 Å². The van der Waals surface area contributed by atoms with E-state index in [1.165, 1.54) is 4.88 Å². The first kappa shape index (κ1) is 11.6. The van der Waals surface area contributed by atoms with Gasteiger partial charge in [-0.15, -0.1) is 11.3 Å². The Morgan fingerprint density at radius 2 is 2.29 bits per heavy atom. The van der Waals surface area contributed by atoms with Gasteiger partial charge < -0.3 is 11.1 Å². The summed E-state index contributed by atoms with van der Waals surface area (Å²) >= 11 is 1.78. The van der Waals surface area contributed by atoms with Crippen LogP contribution in [-0.2, 0) is 6.42 Å². The standard InChI is InChI=1S/C10H19N3S/c1-4-9-6-13-10(14-9)8(3)12-5-7(2)11/h6-8,12H,4-5,11H2,1-3H3. The fraction of sp³-hybridized carbons (Fsp3) is 0.700. The van der Waals surface area contributed by atoms with Crippen LogP contribution >= 0.6 is 11.3 Å². The van der Waals surface area contributed by atoms with E-state index in [4.69, 9.17) is 5.73 Å². The average Bonchev–Trinajstić information content (AvgIpc) is 2.62. The van der Waals surface area contributed by atoms with Crippen LogP contribution in [0, 0.1) is 0 Å². The Morgan fingerprint density at radius 3 is 2.79 bits per heavy atom. The molecule has 4 heteroatoms. The second-order valence-electron chi connectivity index (χ2n) is 3.63. The monoisotopic (exact) mass is 213 g/mol. The van der Waals surface area contributed by atoms with Gasteiger partial charge in [-0.2, -0.15) is 0 Å². The van der Waals surface area contributed by atoms with Gasteiger partial charge in [-0.1, -0.05) is 6.92 Å². The minimum atomic E-state index is 0.197. The van der Waals surface area contributed by atoms with Crippen LogP contribution in [-0.4, -0.2) is 17.6 Å². The lowest BCUT2D eigenvalue weighted by molar-refractivity contribution is 0.532. The Hall–Kier alpha value is -0.450. The highest BCUT2D eigenvalue weighted by atomic mass is 32.1. The number of aryl methyl sites for hydroxylation is 1. The molecule has 1 aromatic rings. The number of rotatable bonds is 5. The fourth-order valence-electron chi connectivity index (χ4n) is 1.14. The molecule has 3 N–H and O–H groups in total. The van der Waals surface area contributed by atoms with Crippen molar-refractivity contribution in [1.82, 2.24) is 10.3 Å². The molecule has 0 fully saturated rings. The lowest BCUT2D eigenvalue weighted by atomic mass is 10.3. The zero-order chi connectivity index (χ0) is 10.6. The van der Waals surface area contributed by atoms with Gasteiger partial charge in [0, 0.05) is 23.7 Å². The predicted molar refractivity (Wildman–Crippen MR) is 61.6 cm³/mol.